The van der Waals surface area contributed by atoms with Crippen LogP contribution in [0.1, 0.15) is 24.3 Å². The highest BCUT2D eigenvalue weighted by Crippen LogP contribution is 2.31. The number of nitrogens with zero attached hydrogens (tertiary/aromatic N) is 6. The lowest BCUT2D eigenvalue weighted by Gasteiger charge is -2.38. The monoisotopic (exact) mass is 614 g/mol. The molecule has 2 aromatic heterocycles. The molecule has 16 heteroatoms. The van der Waals surface area contributed by atoms with Crippen LogP contribution in [0.5, 0.6) is 0 Å². The molecule has 234 valence electrons. The minimum atomic E-state index is -0.877. The first-order chi connectivity index (χ1) is 21.0. The van der Waals surface area contributed by atoms with Gasteiger partial charge < -0.3 is 29.9 Å². The maximum atomic E-state index is 15.3. The summed E-state index contributed by atoms with van der Waals surface area (Å²) in [4.78, 5) is 62.4. The van der Waals surface area contributed by atoms with Crippen LogP contribution in [0, 0.1) is 17.6 Å². The van der Waals surface area contributed by atoms with Gasteiger partial charge in [0, 0.05) is 56.9 Å². The van der Waals surface area contributed by atoms with Crippen LogP contribution >= 0.6 is 0 Å². The molecule has 44 heavy (non-hydrogen) atoms. The highest BCUT2D eigenvalue weighted by Gasteiger charge is 2.35. The zero-order valence-corrected chi connectivity index (χ0v) is 24.3. The molecule has 2 aliphatic rings. The summed E-state index contributed by atoms with van der Waals surface area (Å²) in [6, 6.07) is 2.96. The molecule has 14 nitrogen and oxygen atoms in total. The Bertz CT molecular complexity index is 1520. The van der Waals surface area contributed by atoms with Crippen LogP contribution in [-0.4, -0.2) is 102 Å². The molecule has 4 heterocycles. The maximum absolute atomic E-state index is 15.3. The second-order valence-corrected chi connectivity index (χ2v) is 10.7. The summed E-state index contributed by atoms with van der Waals surface area (Å²) < 4.78 is 41.8. The van der Waals surface area contributed by atoms with Gasteiger partial charge >= 0.3 is 12.2 Å². The SMILES string of the molecule is COC(=O)NCC1CN(c2cc(F)c(N3CCN(C(=O)C(NC(=O)c4cn5cccnc5n4)C(C)C)CC3)c(F)c2)C(=O)O1. The van der Waals surface area contributed by atoms with Crippen LogP contribution in [-0.2, 0) is 14.3 Å². The number of hydrogen-bond donors (Lipinski definition) is 2. The molecule has 3 aromatic rings. The molecule has 2 unspecified atom stereocenters. The Morgan fingerprint density at radius 1 is 1.14 bits per heavy atom. The van der Waals surface area contributed by atoms with E-state index in [0.29, 0.717) is 5.78 Å². The molecule has 5 rings (SSSR count). The molecular weight excluding hydrogens is 582 g/mol. The molecule has 0 saturated carbocycles. The van der Waals surface area contributed by atoms with E-state index in [1.165, 1.54) is 18.2 Å². The number of alkyl carbamates (subject to hydrolysis) is 1. The minimum absolute atomic E-state index is 0.0244. The van der Waals surface area contributed by atoms with Gasteiger partial charge in [0.1, 0.15) is 23.5 Å². The number of imidazole rings is 1. The third-order valence-corrected chi connectivity index (χ3v) is 7.44. The van der Waals surface area contributed by atoms with E-state index in [1.807, 2.05) is 13.8 Å². The van der Waals surface area contributed by atoms with Crippen LogP contribution in [0.25, 0.3) is 5.78 Å². The standard InChI is InChI=1S/C28H32F2N8O6/c1-16(2)22(34-24(39)21-15-37-6-4-5-31-26(37)33-21)25(40)36-9-7-35(8-10-36)23-19(29)11-17(12-20(23)30)38-14-18(44-28(38)42)13-32-27(41)43-3/h4-6,11-12,15-16,18,22H,7-10,13-14H2,1-3H3,(H,32,41)(H,34,39). The average molecular weight is 615 g/mol. The first-order valence-corrected chi connectivity index (χ1v) is 14.0. The summed E-state index contributed by atoms with van der Waals surface area (Å²) in [6.07, 6.45) is 2.56. The molecule has 0 spiro atoms. The molecule has 4 amide bonds. The fourth-order valence-electron chi connectivity index (χ4n) is 5.13. The van der Waals surface area contributed by atoms with Gasteiger partial charge in [-0.3, -0.25) is 18.9 Å². The van der Waals surface area contributed by atoms with E-state index in [0.717, 1.165) is 17.0 Å². The molecule has 2 atom stereocenters. The van der Waals surface area contributed by atoms with Crippen LogP contribution in [0.4, 0.5) is 29.7 Å². The van der Waals surface area contributed by atoms with Crippen molar-refractivity contribution in [1.29, 1.82) is 0 Å². The van der Waals surface area contributed by atoms with Crippen molar-refractivity contribution in [2.75, 3.05) is 56.2 Å². The van der Waals surface area contributed by atoms with Crippen molar-refractivity contribution < 1.29 is 37.4 Å². The van der Waals surface area contributed by atoms with Gasteiger partial charge in [0.2, 0.25) is 11.7 Å². The van der Waals surface area contributed by atoms with Gasteiger partial charge in [0.05, 0.1) is 25.9 Å². The number of carbonyl (C=O) groups excluding carboxylic acids is 4. The first-order valence-electron chi connectivity index (χ1n) is 14.0. The number of piperazine rings is 1. The van der Waals surface area contributed by atoms with E-state index in [2.05, 4.69) is 25.3 Å². The zero-order chi connectivity index (χ0) is 31.5. The van der Waals surface area contributed by atoms with E-state index < -0.39 is 41.9 Å². The van der Waals surface area contributed by atoms with Crippen molar-refractivity contribution in [1.82, 2.24) is 29.9 Å². The Kier molecular flexibility index (Phi) is 8.78. The van der Waals surface area contributed by atoms with E-state index >= 15 is 8.78 Å². The van der Waals surface area contributed by atoms with Gasteiger partial charge in [-0.25, -0.2) is 28.3 Å². The van der Waals surface area contributed by atoms with Crippen LogP contribution in [0.2, 0.25) is 0 Å². The predicted molar refractivity (Wildman–Crippen MR) is 152 cm³/mol. The largest absolute Gasteiger partial charge is 0.453 e. The lowest BCUT2D eigenvalue weighted by Crippen LogP contribution is -2.56. The summed E-state index contributed by atoms with van der Waals surface area (Å²) in [6.45, 7) is 4.19. The highest BCUT2D eigenvalue weighted by atomic mass is 19.1. The Labute approximate surface area is 250 Å². The lowest BCUT2D eigenvalue weighted by molar-refractivity contribution is -0.134. The molecular formula is C28H32F2N8O6. The first kappa shape index (κ1) is 30.4. The summed E-state index contributed by atoms with van der Waals surface area (Å²) in [5.74, 6) is -2.47. The second-order valence-electron chi connectivity index (χ2n) is 10.7. The Hall–Kier alpha value is -5.02. The lowest BCUT2D eigenvalue weighted by atomic mass is 10.0. The van der Waals surface area contributed by atoms with Crippen molar-refractivity contribution in [2.45, 2.75) is 26.0 Å². The van der Waals surface area contributed by atoms with Crippen LogP contribution in [0.3, 0.4) is 0 Å². The van der Waals surface area contributed by atoms with Crippen LogP contribution < -0.4 is 20.4 Å². The van der Waals surface area contributed by atoms with E-state index in [9.17, 15) is 19.2 Å². The Morgan fingerprint density at radius 2 is 1.84 bits per heavy atom. The second kappa shape index (κ2) is 12.7. The summed E-state index contributed by atoms with van der Waals surface area (Å²) in [7, 11) is 1.19. The molecule has 0 bridgehead atoms. The van der Waals surface area contributed by atoms with E-state index in [1.54, 1.807) is 27.8 Å². The van der Waals surface area contributed by atoms with Crippen molar-refractivity contribution in [3.8, 4) is 0 Å². The van der Waals surface area contributed by atoms with E-state index in [4.69, 9.17) is 4.74 Å². The minimum Gasteiger partial charge on any atom is -0.453 e. The molecule has 0 aliphatic carbocycles. The molecule has 2 N–H and O–H groups in total. The number of ether oxygens (including phenoxy) is 2. The topological polar surface area (TPSA) is 151 Å². The number of amides is 4. The number of nitrogens with one attached hydrogen (secondary N) is 2. The smallest absolute Gasteiger partial charge is 0.414 e. The number of cyclic esters (lactones) is 1. The molecule has 1 aromatic carbocycles. The third-order valence-electron chi connectivity index (χ3n) is 7.44. The van der Waals surface area contributed by atoms with Gasteiger partial charge in [-0.1, -0.05) is 13.8 Å². The average Bonchev–Trinajstić information content (AvgIpc) is 3.61. The number of carbonyl (C=O) groups is 4. The van der Waals surface area contributed by atoms with Crippen molar-refractivity contribution in [2.24, 2.45) is 5.92 Å². The number of methoxy groups -OCH3 is 1. The van der Waals surface area contributed by atoms with E-state index in [-0.39, 0.29) is 68.2 Å². The zero-order valence-electron chi connectivity index (χ0n) is 24.3. The summed E-state index contributed by atoms with van der Waals surface area (Å²) >= 11 is 0. The van der Waals surface area contributed by atoms with Gasteiger partial charge in [0.25, 0.3) is 5.91 Å². The number of benzene rings is 1. The number of anilines is 2. The van der Waals surface area contributed by atoms with Gasteiger partial charge in [-0.05, 0) is 12.0 Å². The number of aromatic nitrogens is 3. The van der Waals surface area contributed by atoms with Gasteiger partial charge in [-0.2, -0.15) is 0 Å². The molecule has 2 fully saturated rings. The Balaban J connectivity index is 1.20. The van der Waals surface area contributed by atoms with Crippen molar-refractivity contribution in [3.63, 3.8) is 0 Å². The fraction of sp³-hybridized carbons (Fsp3) is 0.429. The van der Waals surface area contributed by atoms with Crippen LogP contribution in [0.15, 0.2) is 36.8 Å². The number of fused-ring (bicyclic) bond motifs is 1. The number of halogens is 2. The molecule has 2 aliphatic heterocycles. The third kappa shape index (κ3) is 6.33. The van der Waals surface area contributed by atoms with Gasteiger partial charge in [-0.15, -0.1) is 0 Å². The summed E-state index contributed by atoms with van der Waals surface area (Å²) in [5.41, 5.74) is -0.177. The fourth-order valence-corrected chi connectivity index (χ4v) is 5.13. The summed E-state index contributed by atoms with van der Waals surface area (Å²) in [5, 5.41) is 5.18. The van der Waals surface area contributed by atoms with Crippen molar-refractivity contribution in [3.05, 3.63) is 54.1 Å². The van der Waals surface area contributed by atoms with Gasteiger partial charge in [0.15, 0.2) is 11.6 Å². The number of hydrogen-bond acceptors (Lipinski definition) is 9. The highest BCUT2D eigenvalue weighted by molar-refractivity contribution is 5.96. The molecule has 0 radical (unpaired) electrons. The maximum Gasteiger partial charge on any atom is 0.414 e. The normalized spacial score (nSPS) is 17.5. The quantitative estimate of drug-likeness (QED) is 0.387. The Morgan fingerprint density at radius 3 is 2.48 bits per heavy atom. The predicted octanol–water partition coefficient (Wildman–Crippen LogP) is 1.79. The molecule has 2 saturated heterocycles. The number of rotatable bonds is 8. The van der Waals surface area contributed by atoms with Crippen molar-refractivity contribution >= 4 is 41.2 Å².